The van der Waals surface area contributed by atoms with E-state index in [-0.39, 0.29) is 11.7 Å². The van der Waals surface area contributed by atoms with Crippen molar-refractivity contribution in [3.63, 3.8) is 0 Å². The van der Waals surface area contributed by atoms with Crippen LogP contribution in [0.1, 0.15) is 32.6 Å². The highest BCUT2D eigenvalue weighted by molar-refractivity contribution is 6.35. The van der Waals surface area contributed by atoms with Crippen LogP contribution in [0, 0.1) is 13.8 Å². The lowest BCUT2D eigenvalue weighted by Gasteiger charge is -2.08. The number of benzene rings is 2. The summed E-state index contributed by atoms with van der Waals surface area (Å²) in [6.45, 7) is 3.91. The normalized spacial score (nSPS) is 13.0. The number of amides is 1. The Morgan fingerprint density at radius 1 is 1.10 bits per heavy atom. The quantitative estimate of drug-likeness (QED) is 0.860. The SMILES string of the molecule is Cc1cc(C)cc(C(=O)c2cc3c(cc2Cl)NC(=O)C3)c1. The molecule has 0 bridgehead atoms. The van der Waals surface area contributed by atoms with E-state index in [1.165, 1.54) is 0 Å². The molecule has 0 saturated heterocycles. The molecule has 106 valence electrons. The summed E-state index contributed by atoms with van der Waals surface area (Å²) in [4.78, 5) is 24.1. The Bertz CT molecular complexity index is 760. The van der Waals surface area contributed by atoms with Crippen molar-refractivity contribution in [2.24, 2.45) is 0 Å². The van der Waals surface area contributed by atoms with E-state index in [1.807, 2.05) is 32.0 Å². The standard InChI is InChI=1S/C17H14ClNO2/c1-9-3-10(2)5-12(4-9)17(21)13-6-11-7-16(20)19-15(11)8-14(13)18/h3-6,8H,7H2,1-2H3,(H,19,20). The summed E-state index contributed by atoms with van der Waals surface area (Å²) in [6.07, 6.45) is 0.291. The first-order chi connectivity index (χ1) is 9.94. The Morgan fingerprint density at radius 3 is 2.43 bits per heavy atom. The van der Waals surface area contributed by atoms with Gasteiger partial charge in [0.05, 0.1) is 11.4 Å². The molecule has 0 saturated carbocycles. The second kappa shape index (κ2) is 5.01. The Balaban J connectivity index is 2.06. The number of fused-ring (bicyclic) bond motifs is 1. The first-order valence-corrected chi connectivity index (χ1v) is 7.07. The number of nitrogens with one attached hydrogen (secondary N) is 1. The molecule has 1 aliphatic heterocycles. The average Bonchev–Trinajstić information content (AvgIpc) is 2.75. The van der Waals surface area contributed by atoms with Crippen molar-refractivity contribution in [3.05, 3.63) is 63.2 Å². The van der Waals surface area contributed by atoms with Crippen LogP contribution >= 0.6 is 11.6 Å². The van der Waals surface area contributed by atoms with Crippen LogP contribution in [0.3, 0.4) is 0 Å². The van der Waals surface area contributed by atoms with Gasteiger partial charge in [-0.1, -0.05) is 28.8 Å². The third-order valence-corrected chi connectivity index (χ3v) is 3.86. The zero-order chi connectivity index (χ0) is 15.1. The lowest BCUT2D eigenvalue weighted by Crippen LogP contribution is -2.04. The average molecular weight is 300 g/mol. The van der Waals surface area contributed by atoms with Crippen molar-refractivity contribution < 1.29 is 9.59 Å². The van der Waals surface area contributed by atoms with Gasteiger partial charge in [0.2, 0.25) is 5.91 Å². The Morgan fingerprint density at radius 2 is 1.76 bits per heavy atom. The highest BCUT2D eigenvalue weighted by Gasteiger charge is 2.22. The highest BCUT2D eigenvalue weighted by atomic mass is 35.5. The van der Waals surface area contributed by atoms with Gasteiger partial charge in [0, 0.05) is 16.8 Å². The molecule has 0 unspecified atom stereocenters. The molecule has 0 radical (unpaired) electrons. The lowest BCUT2D eigenvalue weighted by molar-refractivity contribution is -0.115. The van der Waals surface area contributed by atoms with E-state index >= 15 is 0 Å². The van der Waals surface area contributed by atoms with Gasteiger partial charge in [-0.3, -0.25) is 9.59 Å². The number of anilines is 1. The minimum Gasteiger partial charge on any atom is -0.325 e. The predicted octanol–water partition coefficient (Wildman–Crippen LogP) is 3.68. The molecular formula is C17H14ClNO2. The van der Waals surface area contributed by atoms with Crippen LogP contribution in [0.4, 0.5) is 5.69 Å². The predicted molar refractivity (Wildman–Crippen MR) is 83.1 cm³/mol. The van der Waals surface area contributed by atoms with Gasteiger partial charge in [-0.2, -0.15) is 0 Å². The molecule has 0 atom stereocenters. The summed E-state index contributed by atoms with van der Waals surface area (Å²) < 4.78 is 0. The zero-order valence-corrected chi connectivity index (χ0v) is 12.5. The van der Waals surface area contributed by atoms with Gasteiger partial charge in [0.1, 0.15) is 0 Å². The van der Waals surface area contributed by atoms with Gasteiger partial charge < -0.3 is 5.32 Å². The second-order valence-corrected chi connectivity index (χ2v) is 5.83. The van der Waals surface area contributed by atoms with Crippen molar-refractivity contribution in [3.8, 4) is 0 Å². The van der Waals surface area contributed by atoms with Crippen molar-refractivity contribution in [1.82, 2.24) is 0 Å². The number of hydrogen-bond donors (Lipinski definition) is 1. The lowest BCUT2D eigenvalue weighted by atomic mass is 9.97. The third-order valence-electron chi connectivity index (χ3n) is 3.55. The maximum atomic E-state index is 12.7. The maximum Gasteiger partial charge on any atom is 0.228 e. The number of aryl methyl sites for hydroxylation is 2. The number of carbonyl (C=O) groups excluding carboxylic acids is 2. The molecule has 3 rings (SSSR count). The Labute approximate surface area is 127 Å². The molecule has 4 heteroatoms. The van der Waals surface area contributed by atoms with Crippen LogP contribution < -0.4 is 5.32 Å². The van der Waals surface area contributed by atoms with E-state index < -0.39 is 0 Å². The van der Waals surface area contributed by atoms with E-state index in [2.05, 4.69) is 5.32 Å². The van der Waals surface area contributed by atoms with Crippen LogP contribution in [0.15, 0.2) is 30.3 Å². The van der Waals surface area contributed by atoms with Crippen molar-refractivity contribution >= 4 is 29.0 Å². The fourth-order valence-electron chi connectivity index (χ4n) is 2.68. The molecule has 1 amide bonds. The summed E-state index contributed by atoms with van der Waals surface area (Å²) in [5.74, 6) is -0.189. The fraction of sp³-hybridized carbons (Fsp3) is 0.176. The first kappa shape index (κ1) is 13.8. The van der Waals surface area contributed by atoms with E-state index in [1.54, 1.807) is 12.1 Å². The minimum absolute atomic E-state index is 0.0722. The van der Waals surface area contributed by atoms with Crippen LogP contribution in [-0.4, -0.2) is 11.7 Å². The summed E-state index contributed by atoms with van der Waals surface area (Å²) in [5.41, 5.74) is 4.64. The van der Waals surface area contributed by atoms with Crippen LogP contribution in [-0.2, 0) is 11.2 Å². The molecule has 0 aromatic heterocycles. The molecule has 0 fully saturated rings. The molecule has 2 aromatic rings. The summed E-state index contributed by atoms with van der Waals surface area (Å²) in [5, 5.41) is 3.09. The molecule has 1 heterocycles. The third kappa shape index (κ3) is 2.57. The van der Waals surface area contributed by atoms with Gasteiger partial charge in [0.25, 0.3) is 0 Å². The van der Waals surface area contributed by atoms with Gasteiger partial charge in [-0.25, -0.2) is 0 Å². The Kier molecular flexibility index (Phi) is 3.30. The summed E-state index contributed by atoms with van der Waals surface area (Å²) >= 11 is 6.21. The summed E-state index contributed by atoms with van der Waals surface area (Å²) in [6, 6.07) is 9.08. The van der Waals surface area contributed by atoms with Crippen LogP contribution in [0.5, 0.6) is 0 Å². The van der Waals surface area contributed by atoms with Crippen LogP contribution in [0.25, 0.3) is 0 Å². The zero-order valence-electron chi connectivity index (χ0n) is 11.8. The van der Waals surface area contributed by atoms with E-state index in [9.17, 15) is 9.59 Å². The summed E-state index contributed by atoms with van der Waals surface area (Å²) in [7, 11) is 0. The van der Waals surface area contributed by atoms with Gasteiger partial charge >= 0.3 is 0 Å². The van der Waals surface area contributed by atoms with Gasteiger partial charge in [-0.15, -0.1) is 0 Å². The maximum absolute atomic E-state index is 12.7. The molecule has 0 spiro atoms. The van der Waals surface area contributed by atoms with Gasteiger partial charge in [0.15, 0.2) is 5.78 Å². The molecule has 0 aliphatic carbocycles. The van der Waals surface area contributed by atoms with E-state index in [0.717, 1.165) is 16.7 Å². The van der Waals surface area contributed by atoms with E-state index in [4.69, 9.17) is 11.6 Å². The Hall–Kier alpha value is -2.13. The number of hydrogen-bond acceptors (Lipinski definition) is 2. The first-order valence-electron chi connectivity index (χ1n) is 6.69. The van der Waals surface area contributed by atoms with Crippen molar-refractivity contribution in [2.45, 2.75) is 20.3 Å². The van der Waals surface area contributed by atoms with Crippen LogP contribution in [0.2, 0.25) is 5.02 Å². The topological polar surface area (TPSA) is 46.2 Å². The molecule has 21 heavy (non-hydrogen) atoms. The number of halogens is 1. The molecule has 1 aliphatic rings. The smallest absolute Gasteiger partial charge is 0.228 e. The van der Waals surface area contributed by atoms with E-state index in [0.29, 0.717) is 28.3 Å². The second-order valence-electron chi connectivity index (χ2n) is 5.42. The van der Waals surface area contributed by atoms with Gasteiger partial charge in [-0.05, 0) is 43.7 Å². The van der Waals surface area contributed by atoms with Crippen molar-refractivity contribution in [1.29, 1.82) is 0 Å². The molecule has 3 nitrogen and oxygen atoms in total. The molecule has 2 aromatic carbocycles. The minimum atomic E-state index is -0.117. The number of ketones is 1. The number of rotatable bonds is 2. The monoisotopic (exact) mass is 299 g/mol. The largest absolute Gasteiger partial charge is 0.325 e. The number of carbonyl (C=O) groups is 2. The fourth-order valence-corrected chi connectivity index (χ4v) is 2.93. The van der Waals surface area contributed by atoms with Crippen molar-refractivity contribution in [2.75, 3.05) is 5.32 Å². The highest BCUT2D eigenvalue weighted by Crippen LogP contribution is 2.31. The molecular weight excluding hydrogens is 286 g/mol. The molecule has 1 N–H and O–H groups in total.